The van der Waals surface area contributed by atoms with Crippen LogP contribution in [-0.2, 0) is 21.1 Å². The molecule has 2 aromatic carbocycles. The maximum Gasteiger partial charge on any atom is 0.322 e. The highest BCUT2D eigenvalue weighted by Gasteiger charge is 2.21. The van der Waals surface area contributed by atoms with Gasteiger partial charge in [-0.1, -0.05) is 17.2 Å². The zero-order chi connectivity index (χ0) is 20.9. The first-order valence-corrected chi connectivity index (χ1v) is 11.4. The van der Waals surface area contributed by atoms with Crippen molar-refractivity contribution in [1.29, 1.82) is 0 Å². The summed E-state index contributed by atoms with van der Waals surface area (Å²) < 4.78 is 35.1. The molecule has 0 spiro atoms. The lowest BCUT2D eigenvalue weighted by molar-refractivity contribution is -0.114. The highest BCUT2D eigenvalue weighted by atomic mass is 32.2. The molecule has 0 saturated heterocycles. The molecule has 0 unspecified atom stereocenters. The summed E-state index contributed by atoms with van der Waals surface area (Å²) in [4.78, 5) is 13.3. The van der Waals surface area contributed by atoms with Crippen LogP contribution in [0.1, 0.15) is 11.5 Å². The predicted octanol–water partition coefficient (Wildman–Crippen LogP) is 2.80. The fourth-order valence-electron chi connectivity index (χ4n) is 2.49. The minimum atomic E-state index is -3.81. The van der Waals surface area contributed by atoms with Gasteiger partial charge in [-0.15, -0.1) is 16.9 Å². The van der Waals surface area contributed by atoms with Gasteiger partial charge in [-0.05, 0) is 48.2 Å². The summed E-state index contributed by atoms with van der Waals surface area (Å²) in [7, 11) is -2.33. The molecule has 29 heavy (non-hydrogen) atoms. The number of hydrogen-bond donors (Lipinski definition) is 1. The average molecular weight is 434 g/mol. The molecule has 0 radical (unpaired) electrons. The second-order valence-electron chi connectivity index (χ2n) is 6.01. The normalized spacial score (nSPS) is 11.2. The number of carbonyl (C=O) groups excluding carboxylic acids is 1. The first-order valence-electron chi connectivity index (χ1n) is 8.51. The van der Waals surface area contributed by atoms with Crippen LogP contribution in [-0.4, -0.2) is 43.6 Å². The molecule has 0 aliphatic heterocycles. The predicted molar refractivity (Wildman–Crippen MR) is 109 cm³/mol. The number of carbonyl (C=O) groups is 1. The van der Waals surface area contributed by atoms with Gasteiger partial charge in [0, 0.05) is 4.90 Å². The van der Waals surface area contributed by atoms with Crippen LogP contribution in [0.3, 0.4) is 0 Å². The first kappa shape index (κ1) is 20.9. The third-order valence-corrected chi connectivity index (χ3v) is 6.34. The lowest BCUT2D eigenvalue weighted by Crippen LogP contribution is -2.23. The third-order valence-electron chi connectivity index (χ3n) is 3.97. The van der Waals surface area contributed by atoms with E-state index in [0.29, 0.717) is 18.1 Å². The van der Waals surface area contributed by atoms with Crippen molar-refractivity contribution >= 4 is 33.5 Å². The summed E-state index contributed by atoms with van der Waals surface area (Å²) in [6, 6.07) is 13.5. The van der Waals surface area contributed by atoms with E-state index in [9.17, 15) is 13.2 Å². The van der Waals surface area contributed by atoms with E-state index in [1.807, 2.05) is 30.5 Å². The monoisotopic (exact) mass is 433 g/mol. The van der Waals surface area contributed by atoms with E-state index in [2.05, 4.69) is 15.5 Å². The number of thioether (sulfide) groups is 1. The molecule has 10 heteroatoms. The van der Waals surface area contributed by atoms with Gasteiger partial charge in [0.25, 0.3) is 0 Å². The maximum absolute atomic E-state index is 12.4. The summed E-state index contributed by atoms with van der Waals surface area (Å²) in [6.07, 6.45) is 2.40. The second-order valence-corrected chi connectivity index (χ2v) is 8.88. The third kappa shape index (κ3) is 5.58. The van der Waals surface area contributed by atoms with Crippen LogP contribution >= 0.6 is 11.8 Å². The molecule has 0 fully saturated rings. The Bertz CT molecular complexity index is 1080. The van der Waals surface area contributed by atoms with Crippen molar-refractivity contribution in [2.75, 3.05) is 24.4 Å². The van der Waals surface area contributed by atoms with Crippen molar-refractivity contribution in [2.45, 2.75) is 16.2 Å². The number of nitrogens with zero attached hydrogens (tertiary/aromatic N) is 2. The highest BCUT2D eigenvalue weighted by Crippen LogP contribution is 2.19. The standard InChI is InChI=1S/C19H19N3O5S2/c1-26-14-5-9-16(10-6-14)29(24,25)12-17(23)20-19-22-21-18(27-19)11-13-3-7-15(28-2)8-4-13/h3-10H,11-12H2,1-2H3,(H,20,22,23). The quantitative estimate of drug-likeness (QED) is 0.540. The number of amides is 1. The summed E-state index contributed by atoms with van der Waals surface area (Å²) >= 11 is 1.65. The molecule has 3 aromatic rings. The van der Waals surface area contributed by atoms with Crippen molar-refractivity contribution in [2.24, 2.45) is 0 Å². The number of hydrogen-bond acceptors (Lipinski definition) is 8. The second kappa shape index (κ2) is 9.10. The van der Waals surface area contributed by atoms with Crippen molar-refractivity contribution < 1.29 is 22.4 Å². The minimum Gasteiger partial charge on any atom is -0.497 e. The lowest BCUT2D eigenvalue weighted by atomic mass is 10.1. The number of benzene rings is 2. The molecule has 0 aliphatic rings. The van der Waals surface area contributed by atoms with Crippen LogP contribution in [0.15, 0.2) is 62.7 Å². The van der Waals surface area contributed by atoms with Gasteiger partial charge in [0.1, 0.15) is 11.5 Å². The van der Waals surface area contributed by atoms with E-state index in [4.69, 9.17) is 9.15 Å². The Morgan fingerprint density at radius 1 is 1.10 bits per heavy atom. The molecule has 0 atom stereocenters. The number of anilines is 1. The van der Waals surface area contributed by atoms with Crippen molar-refractivity contribution in [1.82, 2.24) is 10.2 Å². The molecule has 3 rings (SSSR count). The Kier molecular flexibility index (Phi) is 6.55. The smallest absolute Gasteiger partial charge is 0.322 e. The molecule has 8 nitrogen and oxygen atoms in total. The van der Waals surface area contributed by atoms with Crippen LogP contribution in [0.2, 0.25) is 0 Å². The minimum absolute atomic E-state index is 0.0216. The molecule has 152 valence electrons. The molecular formula is C19H19N3O5S2. The van der Waals surface area contributed by atoms with E-state index < -0.39 is 21.5 Å². The van der Waals surface area contributed by atoms with Crippen LogP contribution in [0.4, 0.5) is 6.01 Å². The average Bonchev–Trinajstić information content (AvgIpc) is 3.14. The molecule has 0 aliphatic carbocycles. The lowest BCUT2D eigenvalue weighted by Gasteiger charge is -2.05. The number of aromatic nitrogens is 2. The SMILES string of the molecule is COc1ccc(S(=O)(=O)CC(=O)Nc2nnc(Cc3ccc(SC)cc3)o2)cc1. The van der Waals surface area contributed by atoms with Crippen molar-refractivity contribution in [3.63, 3.8) is 0 Å². The summed E-state index contributed by atoms with van der Waals surface area (Å²) in [6.45, 7) is 0. The van der Waals surface area contributed by atoms with Gasteiger partial charge in [-0.25, -0.2) is 8.42 Å². The number of nitrogens with one attached hydrogen (secondary N) is 1. The fraction of sp³-hybridized carbons (Fsp3) is 0.211. The largest absolute Gasteiger partial charge is 0.497 e. The Morgan fingerprint density at radius 3 is 2.41 bits per heavy atom. The maximum atomic E-state index is 12.4. The van der Waals surface area contributed by atoms with Crippen LogP contribution in [0.5, 0.6) is 5.75 Å². The van der Waals surface area contributed by atoms with Gasteiger partial charge in [0.15, 0.2) is 9.84 Å². The molecule has 0 bridgehead atoms. The fourth-order valence-corrected chi connectivity index (χ4v) is 4.03. The zero-order valence-electron chi connectivity index (χ0n) is 15.8. The molecule has 1 heterocycles. The Hall–Kier alpha value is -2.85. The molecule has 0 saturated carbocycles. The molecular weight excluding hydrogens is 414 g/mol. The van der Waals surface area contributed by atoms with Crippen LogP contribution in [0.25, 0.3) is 0 Å². The summed E-state index contributed by atoms with van der Waals surface area (Å²) in [5.74, 6) is -0.668. The van der Waals surface area contributed by atoms with E-state index in [-0.39, 0.29) is 10.9 Å². The van der Waals surface area contributed by atoms with Gasteiger partial charge in [0.2, 0.25) is 11.8 Å². The zero-order valence-corrected chi connectivity index (χ0v) is 17.4. The van der Waals surface area contributed by atoms with E-state index in [1.54, 1.807) is 11.8 Å². The van der Waals surface area contributed by atoms with E-state index >= 15 is 0 Å². The Labute approximate surface area is 172 Å². The highest BCUT2D eigenvalue weighted by molar-refractivity contribution is 7.98. The van der Waals surface area contributed by atoms with Crippen LogP contribution < -0.4 is 10.1 Å². The van der Waals surface area contributed by atoms with Crippen molar-refractivity contribution in [3.8, 4) is 5.75 Å². The van der Waals surface area contributed by atoms with Gasteiger partial charge in [-0.3, -0.25) is 10.1 Å². The van der Waals surface area contributed by atoms with Gasteiger partial charge in [-0.2, -0.15) is 0 Å². The van der Waals surface area contributed by atoms with Gasteiger partial charge >= 0.3 is 6.01 Å². The Morgan fingerprint density at radius 2 is 1.79 bits per heavy atom. The summed E-state index contributed by atoms with van der Waals surface area (Å²) in [5.41, 5.74) is 0.978. The molecule has 1 aromatic heterocycles. The van der Waals surface area contributed by atoms with Gasteiger partial charge in [0.05, 0.1) is 18.4 Å². The molecule has 1 amide bonds. The van der Waals surface area contributed by atoms with Crippen LogP contribution in [0, 0.1) is 0 Å². The number of sulfone groups is 1. The number of methoxy groups -OCH3 is 1. The van der Waals surface area contributed by atoms with E-state index in [1.165, 1.54) is 31.4 Å². The molecule has 1 N–H and O–H groups in total. The number of rotatable bonds is 8. The summed E-state index contributed by atoms with van der Waals surface area (Å²) in [5, 5.41) is 9.96. The van der Waals surface area contributed by atoms with Crippen molar-refractivity contribution in [3.05, 3.63) is 60.0 Å². The number of ether oxygens (including phenoxy) is 1. The van der Waals surface area contributed by atoms with Gasteiger partial charge < -0.3 is 9.15 Å². The topological polar surface area (TPSA) is 111 Å². The van der Waals surface area contributed by atoms with E-state index in [0.717, 1.165) is 10.5 Å². The first-order chi connectivity index (χ1) is 13.9. The Balaban J connectivity index is 1.60.